The van der Waals surface area contributed by atoms with E-state index in [1.54, 1.807) is 12.1 Å². The van der Waals surface area contributed by atoms with Gasteiger partial charge in [-0.05, 0) is 12.1 Å². The van der Waals surface area contributed by atoms with Gasteiger partial charge in [0, 0.05) is 0 Å². The topological polar surface area (TPSA) is 54.5 Å². The van der Waals surface area contributed by atoms with E-state index in [1.807, 2.05) is 0 Å². The van der Waals surface area contributed by atoms with Gasteiger partial charge in [0.05, 0.1) is 11.1 Å². The van der Waals surface area contributed by atoms with Crippen LogP contribution in [0.1, 0.15) is 20.7 Å². The quantitative estimate of drug-likeness (QED) is 0.459. The molecule has 0 saturated carbocycles. The predicted molar refractivity (Wildman–Crippen MR) is 43.0 cm³/mol. The normalized spacial score (nSPS) is 14.6. The molecule has 4 heteroatoms. The Balaban J connectivity index is 2.63. The Morgan fingerprint density at radius 2 is 1.46 bits per heavy atom. The minimum atomic E-state index is -0.546. The SMILES string of the molecule is O=CN1C(=O)c2ccccc2C1=O. The second-order valence-corrected chi connectivity index (χ2v) is 2.63. The van der Waals surface area contributed by atoms with Crippen molar-refractivity contribution in [3.05, 3.63) is 35.4 Å². The van der Waals surface area contributed by atoms with Gasteiger partial charge in [-0.2, -0.15) is 0 Å². The lowest BCUT2D eigenvalue weighted by Crippen LogP contribution is -2.27. The van der Waals surface area contributed by atoms with Crippen LogP contribution in [-0.2, 0) is 4.79 Å². The first-order valence-electron chi connectivity index (χ1n) is 3.68. The van der Waals surface area contributed by atoms with Crippen LogP contribution in [0.3, 0.4) is 0 Å². The van der Waals surface area contributed by atoms with E-state index in [0.717, 1.165) is 0 Å². The zero-order chi connectivity index (χ0) is 9.42. The molecule has 0 bridgehead atoms. The fourth-order valence-electron chi connectivity index (χ4n) is 1.30. The standard InChI is InChI=1S/C9H5NO3/c11-5-10-8(12)6-3-1-2-4-7(6)9(10)13/h1-5H. The summed E-state index contributed by atoms with van der Waals surface area (Å²) in [5.74, 6) is -1.09. The molecule has 13 heavy (non-hydrogen) atoms. The van der Waals surface area contributed by atoms with Crippen LogP contribution in [0, 0.1) is 0 Å². The first-order chi connectivity index (χ1) is 6.25. The molecule has 0 saturated heterocycles. The molecular weight excluding hydrogens is 170 g/mol. The van der Waals surface area contributed by atoms with Crippen molar-refractivity contribution in [3.8, 4) is 0 Å². The Labute approximate surface area is 73.8 Å². The Hall–Kier alpha value is -1.97. The van der Waals surface area contributed by atoms with Crippen molar-refractivity contribution in [3.63, 3.8) is 0 Å². The van der Waals surface area contributed by atoms with Crippen LogP contribution in [0.15, 0.2) is 24.3 Å². The molecule has 4 nitrogen and oxygen atoms in total. The summed E-state index contributed by atoms with van der Waals surface area (Å²) in [5, 5.41) is 0. The van der Waals surface area contributed by atoms with Crippen molar-refractivity contribution in [1.82, 2.24) is 4.90 Å². The number of benzene rings is 1. The molecule has 2 rings (SSSR count). The van der Waals surface area contributed by atoms with Crippen LogP contribution in [0.4, 0.5) is 0 Å². The molecule has 0 spiro atoms. The van der Waals surface area contributed by atoms with Crippen LogP contribution >= 0.6 is 0 Å². The highest BCUT2D eigenvalue weighted by molar-refractivity contribution is 6.26. The van der Waals surface area contributed by atoms with E-state index in [9.17, 15) is 14.4 Å². The third kappa shape index (κ3) is 0.885. The summed E-state index contributed by atoms with van der Waals surface area (Å²) in [6, 6.07) is 6.36. The van der Waals surface area contributed by atoms with E-state index in [2.05, 4.69) is 0 Å². The lowest BCUT2D eigenvalue weighted by Gasteiger charge is -2.00. The number of carbonyl (C=O) groups excluding carboxylic acids is 3. The van der Waals surface area contributed by atoms with Crippen molar-refractivity contribution < 1.29 is 14.4 Å². The summed E-state index contributed by atoms with van der Waals surface area (Å²) >= 11 is 0. The number of carbonyl (C=O) groups is 3. The fourth-order valence-corrected chi connectivity index (χ4v) is 1.30. The average molecular weight is 175 g/mol. The Kier molecular flexibility index (Phi) is 1.48. The Morgan fingerprint density at radius 3 is 1.85 bits per heavy atom. The van der Waals surface area contributed by atoms with Crippen molar-refractivity contribution in [1.29, 1.82) is 0 Å². The lowest BCUT2D eigenvalue weighted by molar-refractivity contribution is -0.114. The molecule has 0 atom stereocenters. The van der Waals surface area contributed by atoms with Crippen molar-refractivity contribution in [2.75, 3.05) is 0 Å². The zero-order valence-corrected chi connectivity index (χ0v) is 6.56. The summed E-state index contributed by atoms with van der Waals surface area (Å²) < 4.78 is 0. The molecule has 3 amide bonds. The molecule has 0 N–H and O–H groups in total. The summed E-state index contributed by atoms with van der Waals surface area (Å²) in [7, 11) is 0. The average Bonchev–Trinajstić information content (AvgIpc) is 2.41. The number of hydrogen-bond donors (Lipinski definition) is 0. The van der Waals surface area contributed by atoms with Gasteiger partial charge >= 0.3 is 0 Å². The molecule has 1 aromatic rings. The zero-order valence-electron chi connectivity index (χ0n) is 6.56. The minimum absolute atomic E-state index is 0.241. The van der Waals surface area contributed by atoms with Crippen molar-refractivity contribution in [2.24, 2.45) is 0 Å². The van der Waals surface area contributed by atoms with Gasteiger partial charge in [-0.3, -0.25) is 14.4 Å². The van der Waals surface area contributed by atoms with Gasteiger partial charge in [-0.1, -0.05) is 12.1 Å². The van der Waals surface area contributed by atoms with Crippen LogP contribution in [-0.4, -0.2) is 23.1 Å². The third-order valence-electron chi connectivity index (χ3n) is 1.93. The van der Waals surface area contributed by atoms with Gasteiger partial charge < -0.3 is 0 Å². The summed E-state index contributed by atoms with van der Waals surface area (Å²) in [4.78, 5) is 33.6. The number of imide groups is 3. The van der Waals surface area contributed by atoms with E-state index in [0.29, 0.717) is 16.0 Å². The second-order valence-electron chi connectivity index (χ2n) is 2.63. The van der Waals surface area contributed by atoms with Crippen LogP contribution in [0.2, 0.25) is 0 Å². The monoisotopic (exact) mass is 175 g/mol. The summed E-state index contributed by atoms with van der Waals surface area (Å²) in [6.45, 7) is 0. The molecule has 0 fully saturated rings. The van der Waals surface area contributed by atoms with Crippen molar-refractivity contribution >= 4 is 18.2 Å². The molecule has 0 aromatic heterocycles. The number of amides is 3. The van der Waals surface area contributed by atoms with Gasteiger partial charge in [0.25, 0.3) is 11.8 Å². The highest BCUT2D eigenvalue weighted by Gasteiger charge is 2.34. The second kappa shape index (κ2) is 2.52. The third-order valence-corrected chi connectivity index (χ3v) is 1.93. The number of nitrogens with zero attached hydrogens (tertiary/aromatic N) is 1. The van der Waals surface area contributed by atoms with E-state index >= 15 is 0 Å². The van der Waals surface area contributed by atoms with E-state index in [-0.39, 0.29) is 6.41 Å². The molecule has 0 unspecified atom stereocenters. The van der Waals surface area contributed by atoms with Crippen molar-refractivity contribution in [2.45, 2.75) is 0 Å². The minimum Gasteiger partial charge on any atom is -0.278 e. The van der Waals surface area contributed by atoms with E-state index < -0.39 is 11.8 Å². The van der Waals surface area contributed by atoms with Gasteiger partial charge in [-0.15, -0.1) is 0 Å². The number of fused-ring (bicyclic) bond motifs is 1. The maximum absolute atomic E-state index is 11.3. The Morgan fingerprint density at radius 1 is 1.00 bits per heavy atom. The molecule has 1 aromatic carbocycles. The molecule has 1 aliphatic heterocycles. The first-order valence-corrected chi connectivity index (χ1v) is 3.68. The van der Waals surface area contributed by atoms with Crippen LogP contribution in [0.25, 0.3) is 0 Å². The highest BCUT2D eigenvalue weighted by Crippen LogP contribution is 2.20. The molecule has 1 heterocycles. The molecule has 0 radical (unpaired) electrons. The fraction of sp³-hybridized carbons (Fsp3) is 0. The smallest absolute Gasteiger partial charge is 0.268 e. The molecule has 0 aliphatic carbocycles. The number of rotatable bonds is 1. The van der Waals surface area contributed by atoms with Crippen LogP contribution in [0.5, 0.6) is 0 Å². The molecular formula is C9H5NO3. The molecule has 1 aliphatic rings. The lowest BCUT2D eigenvalue weighted by atomic mass is 10.1. The van der Waals surface area contributed by atoms with E-state index in [4.69, 9.17) is 0 Å². The highest BCUT2D eigenvalue weighted by atomic mass is 16.2. The Bertz CT molecular complexity index is 376. The van der Waals surface area contributed by atoms with Gasteiger partial charge in [0.2, 0.25) is 6.41 Å². The molecule has 64 valence electrons. The maximum Gasteiger partial charge on any atom is 0.268 e. The van der Waals surface area contributed by atoms with Gasteiger partial charge in [0.15, 0.2) is 0 Å². The van der Waals surface area contributed by atoms with E-state index in [1.165, 1.54) is 12.1 Å². The maximum atomic E-state index is 11.3. The predicted octanol–water partition coefficient (Wildman–Crippen LogP) is 0.439. The summed E-state index contributed by atoms with van der Waals surface area (Å²) in [6.07, 6.45) is 0.241. The largest absolute Gasteiger partial charge is 0.278 e. The van der Waals surface area contributed by atoms with Crippen LogP contribution < -0.4 is 0 Å². The number of hydrogen-bond acceptors (Lipinski definition) is 3. The van der Waals surface area contributed by atoms with Gasteiger partial charge in [-0.25, -0.2) is 4.90 Å². The van der Waals surface area contributed by atoms with Gasteiger partial charge in [0.1, 0.15) is 0 Å². The summed E-state index contributed by atoms with van der Waals surface area (Å²) in [5.41, 5.74) is 0.583. The first kappa shape index (κ1) is 7.67.